The summed E-state index contributed by atoms with van der Waals surface area (Å²) >= 11 is 0. The summed E-state index contributed by atoms with van der Waals surface area (Å²) in [6.45, 7) is 9.69. The highest BCUT2D eigenvalue weighted by Crippen LogP contribution is 2.67. The zero-order valence-electron chi connectivity index (χ0n) is 19.1. The van der Waals surface area contributed by atoms with E-state index in [1.54, 1.807) is 5.57 Å². The van der Waals surface area contributed by atoms with Gasteiger partial charge < -0.3 is 9.84 Å². The largest absolute Gasteiger partial charge is 0.466 e. The molecule has 0 aromatic heterocycles. The van der Waals surface area contributed by atoms with E-state index in [1.165, 1.54) is 38.5 Å². The summed E-state index contributed by atoms with van der Waals surface area (Å²) in [6, 6.07) is 0. The first-order valence-electron chi connectivity index (χ1n) is 12.4. The summed E-state index contributed by atoms with van der Waals surface area (Å²) in [6.07, 6.45) is 13.7. The van der Waals surface area contributed by atoms with E-state index < -0.39 is 0 Å². The molecule has 0 radical (unpaired) electrons. The summed E-state index contributed by atoms with van der Waals surface area (Å²) in [5, 5.41) is 11.0. The maximum absolute atomic E-state index is 11.9. The first-order chi connectivity index (χ1) is 13.8. The van der Waals surface area contributed by atoms with Crippen molar-refractivity contribution in [3.63, 3.8) is 0 Å². The van der Waals surface area contributed by atoms with E-state index in [9.17, 15) is 9.90 Å². The number of esters is 1. The summed E-state index contributed by atoms with van der Waals surface area (Å²) in [5.74, 6) is 3.43. The molecule has 8 atom stereocenters. The lowest BCUT2D eigenvalue weighted by Crippen LogP contribution is -2.54. The topological polar surface area (TPSA) is 46.5 Å². The Hall–Kier alpha value is -0.830. The number of fused-ring (bicyclic) bond motifs is 5. The van der Waals surface area contributed by atoms with Crippen LogP contribution >= 0.6 is 0 Å². The molecule has 164 valence electrons. The van der Waals surface area contributed by atoms with E-state index in [0.717, 1.165) is 37.0 Å². The van der Waals surface area contributed by atoms with Gasteiger partial charge in [0.05, 0.1) is 12.7 Å². The van der Waals surface area contributed by atoms with Gasteiger partial charge in [0.25, 0.3) is 0 Å². The maximum Gasteiger partial charge on any atom is 0.305 e. The highest BCUT2D eigenvalue weighted by atomic mass is 16.5. The van der Waals surface area contributed by atoms with Crippen molar-refractivity contribution >= 4 is 5.97 Å². The van der Waals surface area contributed by atoms with Gasteiger partial charge in [-0.25, -0.2) is 0 Å². The van der Waals surface area contributed by atoms with Crippen LogP contribution in [0.1, 0.15) is 91.9 Å². The molecule has 0 bridgehead atoms. The second-order valence-corrected chi connectivity index (χ2v) is 11.1. The predicted octanol–water partition coefficient (Wildman–Crippen LogP) is 5.91. The molecule has 3 nitrogen and oxygen atoms in total. The minimum absolute atomic E-state index is 0.0239. The van der Waals surface area contributed by atoms with Gasteiger partial charge in [-0.15, -0.1) is 0 Å². The molecule has 8 unspecified atom stereocenters. The van der Waals surface area contributed by atoms with Crippen molar-refractivity contribution in [1.29, 1.82) is 0 Å². The molecule has 1 N–H and O–H groups in total. The SMILES string of the molecule is CCOC(=O)CCC(C)C1CCC2C3CC=C4CCCC(O)C4(C)C3CCC12C. The molecule has 4 aliphatic rings. The number of hydrogen-bond donors (Lipinski definition) is 1. The Labute approximate surface area is 177 Å². The maximum atomic E-state index is 11.9. The normalized spacial score (nSPS) is 44.9. The quantitative estimate of drug-likeness (QED) is 0.459. The Morgan fingerprint density at radius 3 is 2.79 bits per heavy atom. The fraction of sp³-hybridized carbons (Fsp3) is 0.885. The van der Waals surface area contributed by atoms with Crippen molar-refractivity contribution in [2.45, 2.75) is 98.0 Å². The number of ether oxygens (including phenoxy) is 1. The summed E-state index contributed by atoms with van der Waals surface area (Å²) < 4.78 is 5.16. The fourth-order valence-corrected chi connectivity index (χ4v) is 8.47. The Kier molecular flexibility index (Phi) is 5.92. The van der Waals surface area contributed by atoms with Crippen molar-refractivity contribution in [2.24, 2.45) is 40.4 Å². The smallest absolute Gasteiger partial charge is 0.305 e. The van der Waals surface area contributed by atoms with Crippen LogP contribution in [0.3, 0.4) is 0 Å². The van der Waals surface area contributed by atoms with Crippen molar-refractivity contribution in [1.82, 2.24) is 0 Å². The van der Waals surface area contributed by atoms with Gasteiger partial charge in [0.15, 0.2) is 0 Å². The standard InChI is InChI=1S/C26H42O3/c1-5-29-24(28)14-9-17(2)20-12-13-21-19-11-10-18-7-6-8-23(27)26(18,4)22(19)15-16-25(20,21)3/h10,17,19-23,27H,5-9,11-16H2,1-4H3. The predicted molar refractivity (Wildman–Crippen MR) is 116 cm³/mol. The molecule has 4 rings (SSSR count). The second kappa shape index (κ2) is 8.02. The number of aliphatic hydroxyl groups is 1. The van der Waals surface area contributed by atoms with E-state index in [1.807, 2.05) is 6.92 Å². The van der Waals surface area contributed by atoms with Gasteiger partial charge in [0.1, 0.15) is 0 Å². The molecule has 0 aromatic rings. The van der Waals surface area contributed by atoms with Gasteiger partial charge in [0, 0.05) is 11.8 Å². The molecule has 0 saturated heterocycles. The molecule has 0 aromatic carbocycles. The van der Waals surface area contributed by atoms with Crippen LogP contribution in [-0.4, -0.2) is 23.8 Å². The van der Waals surface area contributed by atoms with Crippen LogP contribution in [0, 0.1) is 40.4 Å². The third-order valence-corrected chi connectivity index (χ3v) is 10.0. The number of rotatable bonds is 5. The van der Waals surface area contributed by atoms with Crippen molar-refractivity contribution in [2.75, 3.05) is 6.61 Å². The van der Waals surface area contributed by atoms with E-state index in [2.05, 4.69) is 26.8 Å². The average Bonchev–Trinajstić information content (AvgIpc) is 3.05. The first-order valence-corrected chi connectivity index (χ1v) is 12.4. The Morgan fingerprint density at radius 2 is 2.03 bits per heavy atom. The average molecular weight is 403 g/mol. The number of hydrogen-bond acceptors (Lipinski definition) is 3. The van der Waals surface area contributed by atoms with Crippen LogP contribution < -0.4 is 0 Å². The second-order valence-electron chi connectivity index (χ2n) is 11.1. The zero-order valence-corrected chi connectivity index (χ0v) is 19.1. The number of allylic oxidation sites excluding steroid dienone is 1. The number of aliphatic hydroxyl groups excluding tert-OH is 1. The van der Waals surface area contributed by atoms with Gasteiger partial charge >= 0.3 is 5.97 Å². The Bertz CT molecular complexity index is 654. The van der Waals surface area contributed by atoms with Crippen LogP contribution in [0.5, 0.6) is 0 Å². The first kappa shape index (κ1) is 21.4. The molecule has 0 spiro atoms. The molecule has 0 aliphatic heterocycles. The van der Waals surface area contributed by atoms with Crippen LogP contribution in [0.25, 0.3) is 0 Å². The Balaban J connectivity index is 1.50. The lowest BCUT2D eigenvalue weighted by atomic mass is 9.46. The molecule has 29 heavy (non-hydrogen) atoms. The summed E-state index contributed by atoms with van der Waals surface area (Å²) in [7, 11) is 0. The molecule has 3 fully saturated rings. The third kappa shape index (κ3) is 3.40. The van der Waals surface area contributed by atoms with Crippen LogP contribution in [0.4, 0.5) is 0 Å². The van der Waals surface area contributed by atoms with Gasteiger partial charge in [-0.1, -0.05) is 32.4 Å². The van der Waals surface area contributed by atoms with E-state index >= 15 is 0 Å². The highest BCUT2D eigenvalue weighted by molar-refractivity contribution is 5.69. The fourth-order valence-electron chi connectivity index (χ4n) is 8.47. The third-order valence-electron chi connectivity index (χ3n) is 10.0. The molecular formula is C26H42O3. The van der Waals surface area contributed by atoms with Gasteiger partial charge in [-0.3, -0.25) is 4.79 Å². The highest BCUT2D eigenvalue weighted by Gasteiger charge is 2.60. The molecule has 3 heteroatoms. The molecule has 4 aliphatic carbocycles. The molecule has 0 heterocycles. The van der Waals surface area contributed by atoms with Gasteiger partial charge in [-0.2, -0.15) is 0 Å². The number of carbonyl (C=O) groups excluding carboxylic acids is 1. The monoisotopic (exact) mass is 402 g/mol. The van der Waals surface area contributed by atoms with Gasteiger partial charge in [0.2, 0.25) is 0 Å². The van der Waals surface area contributed by atoms with Crippen LogP contribution in [0.15, 0.2) is 11.6 Å². The lowest BCUT2D eigenvalue weighted by molar-refractivity contribution is -0.143. The van der Waals surface area contributed by atoms with Crippen molar-refractivity contribution < 1.29 is 14.6 Å². The van der Waals surface area contributed by atoms with Crippen LogP contribution in [0.2, 0.25) is 0 Å². The Morgan fingerprint density at radius 1 is 1.24 bits per heavy atom. The molecule has 0 amide bonds. The van der Waals surface area contributed by atoms with Gasteiger partial charge in [-0.05, 0) is 99.7 Å². The van der Waals surface area contributed by atoms with Crippen LogP contribution in [-0.2, 0) is 9.53 Å². The van der Waals surface area contributed by atoms with Crippen molar-refractivity contribution in [3.05, 3.63) is 11.6 Å². The van der Waals surface area contributed by atoms with Crippen molar-refractivity contribution in [3.8, 4) is 0 Å². The summed E-state index contributed by atoms with van der Waals surface area (Å²) in [5.41, 5.74) is 1.99. The van der Waals surface area contributed by atoms with E-state index in [-0.39, 0.29) is 17.5 Å². The van der Waals surface area contributed by atoms with E-state index in [0.29, 0.717) is 30.3 Å². The minimum atomic E-state index is -0.152. The number of carbonyl (C=O) groups is 1. The van der Waals surface area contributed by atoms with E-state index in [4.69, 9.17) is 4.74 Å². The molecule has 3 saturated carbocycles. The minimum Gasteiger partial charge on any atom is -0.466 e. The lowest BCUT2D eigenvalue weighted by Gasteiger charge is -2.59. The summed E-state index contributed by atoms with van der Waals surface area (Å²) in [4.78, 5) is 11.9. The zero-order chi connectivity index (χ0) is 20.8. The molecular weight excluding hydrogens is 360 g/mol.